The maximum atomic E-state index is 13.6. The Morgan fingerprint density at radius 2 is 1.80 bits per heavy atom. The van der Waals surface area contributed by atoms with Crippen LogP contribution < -0.4 is 15.4 Å². The quantitative estimate of drug-likeness (QED) is 0.356. The first kappa shape index (κ1) is 22.5. The average Bonchev–Trinajstić information content (AvgIpc) is 3.28. The van der Waals surface area contributed by atoms with Crippen LogP contribution in [0, 0.1) is 0 Å². The number of para-hydroxylation sites is 2. The Hall–Kier alpha value is -4.30. The fourth-order valence-electron chi connectivity index (χ4n) is 4.07. The van der Waals surface area contributed by atoms with E-state index in [1.807, 2.05) is 31.2 Å². The van der Waals surface area contributed by atoms with Crippen LogP contribution >= 0.6 is 11.6 Å². The maximum absolute atomic E-state index is 13.6. The number of nitrogens with zero attached hydrogens (tertiary/aromatic N) is 3. The molecule has 1 aliphatic heterocycles. The fourth-order valence-corrected chi connectivity index (χ4v) is 4.19. The Morgan fingerprint density at radius 3 is 2.51 bits per heavy atom. The van der Waals surface area contributed by atoms with Crippen molar-refractivity contribution in [2.24, 2.45) is 0 Å². The molecule has 0 spiro atoms. The number of phenolic OH excluding ortho intramolecular Hbond substituents is 1. The number of aromatic hydroxyl groups is 1. The summed E-state index contributed by atoms with van der Waals surface area (Å²) in [6, 6.07) is 20.6. The van der Waals surface area contributed by atoms with Gasteiger partial charge in [-0.1, -0.05) is 35.9 Å². The van der Waals surface area contributed by atoms with Crippen molar-refractivity contribution >= 4 is 29.1 Å². The third kappa shape index (κ3) is 4.31. The van der Waals surface area contributed by atoms with E-state index in [2.05, 4.69) is 15.6 Å². The molecule has 1 aliphatic rings. The molecule has 1 atom stereocenters. The first-order valence-electron chi connectivity index (χ1n) is 10.9. The highest BCUT2D eigenvalue weighted by Gasteiger charge is 2.34. The van der Waals surface area contributed by atoms with Gasteiger partial charge in [0.25, 0.3) is 5.91 Å². The van der Waals surface area contributed by atoms with Crippen LogP contribution in [0.25, 0.3) is 11.4 Å². The van der Waals surface area contributed by atoms with Gasteiger partial charge in [0.15, 0.2) is 5.82 Å². The largest absolute Gasteiger partial charge is 0.508 e. The lowest BCUT2D eigenvalue weighted by Gasteiger charge is -2.28. The number of aromatic nitrogens is 3. The van der Waals surface area contributed by atoms with E-state index in [0.717, 1.165) is 11.1 Å². The number of benzene rings is 3. The molecule has 9 heteroatoms. The summed E-state index contributed by atoms with van der Waals surface area (Å²) in [7, 11) is 1.56. The zero-order valence-electron chi connectivity index (χ0n) is 19.0. The number of hydrogen-bond acceptors (Lipinski definition) is 6. The summed E-state index contributed by atoms with van der Waals surface area (Å²) in [5.41, 5.74) is 3.24. The molecule has 8 nitrogen and oxygen atoms in total. The molecule has 0 fully saturated rings. The van der Waals surface area contributed by atoms with E-state index in [4.69, 9.17) is 21.4 Å². The molecule has 1 aromatic heterocycles. The van der Waals surface area contributed by atoms with Gasteiger partial charge in [-0.25, -0.2) is 4.68 Å². The van der Waals surface area contributed by atoms with Gasteiger partial charge in [0.1, 0.15) is 17.5 Å². The SMILES string of the molecule is COc1ccccc1NC(=O)C1=C(C)Nc2nc(-c3ccc(O)cc3)nn2C1c1ccc(Cl)cc1. The highest BCUT2D eigenvalue weighted by Crippen LogP contribution is 2.37. The number of carbonyl (C=O) groups is 1. The second-order valence-corrected chi connectivity index (χ2v) is 8.46. The van der Waals surface area contributed by atoms with E-state index in [-0.39, 0.29) is 11.7 Å². The molecular formula is C26H22ClN5O3. The summed E-state index contributed by atoms with van der Waals surface area (Å²) in [5, 5.41) is 21.1. The van der Waals surface area contributed by atoms with Crippen molar-refractivity contribution in [2.75, 3.05) is 17.7 Å². The Morgan fingerprint density at radius 1 is 1.09 bits per heavy atom. The van der Waals surface area contributed by atoms with Gasteiger partial charge < -0.3 is 20.5 Å². The van der Waals surface area contributed by atoms with Gasteiger partial charge in [-0.05, 0) is 61.0 Å². The monoisotopic (exact) mass is 487 g/mol. The van der Waals surface area contributed by atoms with Crippen LogP contribution in [0.3, 0.4) is 0 Å². The lowest BCUT2D eigenvalue weighted by atomic mass is 9.95. The van der Waals surface area contributed by atoms with Gasteiger partial charge >= 0.3 is 0 Å². The molecule has 2 heterocycles. The second-order valence-electron chi connectivity index (χ2n) is 8.02. The number of nitrogens with one attached hydrogen (secondary N) is 2. The molecule has 3 N–H and O–H groups in total. The van der Waals surface area contributed by atoms with Crippen LogP contribution in [-0.2, 0) is 4.79 Å². The highest BCUT2D eigenvalue weighted by molar-refractivity contribution is 6.30. The highest BCUT2D eigenvalue weighted by atomic mass is 35.5. The number of halogens is 1. The molecule has 35 heavy (non-hydrogen) atoms. The lowest BCUT2D eigenvalue weighted by Crippen LogP contribution is -2.31. The number of anilines is 2. The standard InChI is InChI=1S/C26H22ClN5O3/c1-15-22(25(34)29-20-5-3-4-6-21(20)35-2)23(16-7-11-18(27)12-8-16)32-26(28-15)30-24(31-32)17-9-13-19(33)14-10-17/h3-14,23,33H,1-2H3,(H,29,34)(H,28,30,31). The van der Waals surface area contributed by atoms with Gasteiger partial charge in [-0.15, -0.1) is 5.10 Å². The molecule has 0 aliphatic carbocycles. The zero-order chi connectivity index (χ0) is 24.5. The molecule has 0 saturated carbocycles. The number of phenols is 1. The predicted octanol–water partition coefficient (Wildman–Crippen LogP) is 5.24. The van der Waals surface area contributed by atoms with Crippen LogP contribution in [0.5, 0.6) is 11.5 Å². The smallest absolute Gasteiger partial charge is 0.255 e. The number of hydrogen-bond donors (Lipinski definition) is 3. The van der Waals surface area contributed by atoms with Crippen molar-refractivity contribution in [3.63, 3.8) is 0 Å². The fraction of sp³-hybridized carbons (Fsp3) is 0.115. The van der Waals surface area contributed by atoms with Crippen molar-refractivity contribution in [2.45, 2.75) is 13.0 Å². The number of carbonyl (C=O) groups excluding carboxylic acids is 1. The van der Waals surface area contributed by atoms with Crippen molar-refractivity contribution in [1.82, 2.24) is 14.8 Å². The van der Waals surface area contributed by atoms with Crippen molar-refractivity contribution in [1.29, 1.82) is 0 Å². The summed E-state index contributed by atoms with van der Waals surface area (Å²) in [6.07, 6.45) is 0. The molecule has 0 saturated heterocycles. The topological polar surface area (TPSA) is 101 Å². The Labute approximate surface area is 206 Å². The summed E-state index contributed by atoms with van der Waals surface area (Å²) >= 11 is 6.14. The third-order valence-electron chi connectivity index (χ3n) is 5.76. The van der Waals surface area contributed by atoms with Crippen molar-refractivity contribution in [3.8, 4) is 22.9 Å². The average molecular weight is 488 g/mol. The molecule has 4 aromatic rings. The first-order chi connectivity index (χ1) is 16.9. The number of ether oxygens (including phenoxy) is 1. The molecule has 0 radical (unpaired) electrons. The zero-order valence-corrected chi connectivity index (χ0v) is 19.7. The van der Waals surface area contributed by atoms with E-state index in [0.29, 0.717) is 39.5 Å². The minimum atomic E-state index is -0.559. The Kier molecular flexibility index (Phi) is 5.88. The normalized spacial score (nSPS) is 14.8. The van der Waals surface area contributed by atoms with Gasteiger partial charge in [0.2, 0.25) is 5.95 Å². The predicted molar refractivity (Wildman–Crippen MR) is 135 cm³/mol. The van der Waals surface area contributed by atoms with Crippen LogP contribution in [0.2, 0.25) is 5.02 Å². The van der Waals surface area contributed by atoms with Gasteiger partial charge in [-0.2, -0.15) is 4.98 Å². The van der Waals surface area contributed by atoms with Crippen molar-refractivity contribution in [3.05, 3.63) is 94.7 Å². The number of amides is 1. The van der Waals surface area contributed by atoms with E-state index in [1.54, 1.807) is 60.3 Å². The van der Waals surface area contributed by atoms with Gasteiger partial charge in [0.05, 0.1) is 18.4 Å². The van der Waals surface area contributed by atoms with Crippen molar-refractivity contribution < 1.29 is 14.6 Å². The Balaban J connectivity index is 1.59. The van der Waals surface area contributed by atoms with Gasteiger partial charge in [0, 0.05) is 16.3 Å². The molecule has 1 unspecified atom stereocenters. The van der Waals surface area contributed by atoms with Crippen LogP contribution in [-0.4, -0.2) is 32.9 Å². The summed E-state index contributed by atoms with van der Waals surface area (Å²) < 4.78 is 7.09. The van der Waals surface area contributed by atoms with Crippen LogP contribution in [0.4, 0.5) is 11.6 Å². The summed E-state index contributed by atoms with van der Waals surface area (Å²) in [5.74, 6) is 1.38. The number of methoxy groups -OCH3 is 1. The second kappa shape index (κ2) is 9.15. The molecular weight excluding hydrogens is 466 g/mol. The number of allylic oxidation sites excluding steroid dienone is 1. The molecule has 5 rings (SSSR count). The van der Waals surface area contributed by atoms with Gasteiger partial charge in [-0.3, -0.25) is 4.79 Å². The van der Waals surface area contributed by atoms with E-state index < -0.39 is 6.04 Å². The summed E-state index contributed by atoms with van der Waals surface area (Å²) in [6.45, 7) is 1.83. The molecule has 3 aromatic carbocycles. The Bertz CT molecular complexity index is 1430. The van der Waals surface area contributed by atoms with Crippen LogP contribution in [0.15, 0.2) is 84.1 Å². The minimum Gasteiger partial charge on any atom is -0.508 e. The summed E-state index contributed by atoms with van der Waals surface area (Å²) in [4.78, 5) is 18.3. The minimum absolute atomic E-state index is 0.155. The maximum Gasteiger partial charge on any atom is 0.255 e. The first-order valence-corrected chi connectivity index (χ1v) is 11.3. The number of rotatable bonds is 5. The molecule has 176 valence electrons. The molecule has 0 bridgehead atoms. The number of fused-ring (bicyclic) bond motifs is 1. The van der Waals surface area contributed by atoms with E-state index >= 15 is 0 Å². The molecule has 1 amide bonds. The van der Waals surface area contributed by atoms with E-state index in [1.165, 1.54) is 0 Å². The van der Waals surface area contributed by atoms with E-state index in [9.17, 15) is 9.90 Å². The van der Waals surface area contributed by atoms with Crippen LogP contribution in [0.1, 0.15) is 18.5 Å². The third-order valence-corrected chi connectivity index (χ3v) is 6.02. The lowest BCUT2D eigenvalue weighted by molar-refractivity contribution is -0.113.